The molecule has 2 rings (SSSR count). The number of carbonyl (C=O) groups is 1. The summed E-state index contributed by atoms with van der Waals surface area (Å²) in [7, 11) is 0. The van der Waals surface area contributed by atoms with E-state index in [-0.39, 0.29) is 11.3 Å². The number of rotatable bonds is 3. The highest BCUT2D eigenvalue weighted by molar-refractivity contribution is 9.10. The lowest BCUT2D eigenvalue weighted by Gasteiger charge is -2.10. The van der Waals surface area contributed by atoms with Gasteiger partial charge in [-0.1, -0.05) is 22.0 Å². The van der Waals surface area contributed by atoms with Crippen molar-refractivity contribution in [2.75, 3.05) is 0 Å². The van der Waals surface area contributed by atoms with Gasteiger partial charge in [0, 0.05) is 4.47 Å². The van der Waals surface area contributed by atoms with E-state index in [4.69, 9.17) is 10.5 Å². The Hall–Kier alpha value is -1.88. The third kappa shape index (κ3) is 2.93. The highest BCUT2D eigenvalue weighted by Crippen LogP contribution is 2.29. The zero-order chi connectivity index (χ0) is 14.0. The van der Waals surface area contributed by atoms with Gasteiger partial charge in [-0.3, -0.25) is 4.79 Å². The number of benzene rings is 2. The van der Waals surface area contributed by atoms with E-state index in [0.29, 0.717) is 5.75 Å². The standard InChI is InChI=1S/C14H11BrFNO2/c1-8-7-9(5-6-10(8)15)19-12-4-2-3-11(16)13(12)14(17)18/h2-7H,1H3,(H2,17,18). The summed E-state index contributed by atoms with van der Waals surface area (Å²) in [4.78, 5) is 11.2. The molecule has 0 radical (unpaired) electrons. The van der Waals surface area contributed by atoms with Gasteiger partial charge in [-0.25, -0.2) is 4.39 Å². The van der Waals surface area contributed by atoms with Gasteiger partial charge in [0.15, 0.2) is 0 Å². The predicted molar refractivity (Wildman–Crippen MR) is 73.9 cm³/mol. The van der Waals surface area contributed by atoms with Crippen LogP contribution < -0.4 is 10.5 Å². The van der Waals surface area contributed by atoms with E-state index in [2.05, 4.69) is 15.9 Å². The maximum absolute atomic E-state index is 13.6. The van der Waals surface area contributed by atoms with Crippen LogP contribution in [0.25, 0.3) is 0 Å². The average Bonchev–Trinajstić information content (AvgIpc) is 2.33. The van der Waals surface area contributed by atoms with Crippen LogP contribution in [0.15, 0.2) is 40.9 Å². The number of amides is 1. The number of halogens is 2. The first-order valence-electron chi connectivity index (χ1n) is 5.51. The summed E-state index contributed by atoms with van der Waals surface area (Å²) < 4.78 is 20.0. The molecule has 0 atom stereocenters. The number of hydrogen-bond acceptors (Lipinski definition) is 2. The Morgan fingerprint density at radius 1 is 1.32 bits per heavy atom. The molecule has 0 saturated carbocycles. The van der Waals surface area contributed by atoms with Gasteiger partial charge in [0.2, 0.25) is 0 Å². The Labute approximate surface area is 118 Å². The second-order valence-electron chi connectivity index (χ2n) is 3.99. The average molecular weight is 324 g/mol. The minimum atomic E-state index is -0.859. The van der Waals surface area contributed by atoms with Crippen LogP contribution in [-0.2, 0) is 0 Å². The van der Waals surface area contributed by atoms with Crippen molar-refractivity contribution in [2.24, 2.45) is 5.73 Å². The van der Waals surface area contributed by atoms with Gasteiger partial charge in [-0.15, -0.1) is 0 Å². The van der Waals surface area contributed by atoms with Gasteiger partial charge in [0.05, 0.1) is 0 Å². The van der Waals surface area contributed by atoms with Gasteiger partial charge in [0.1, 0.15) is 22.9 Å². The molecule has 0 fully saturated rings. The maximum atomic E-state index is 13.6. The van der Waals surface area contributed by atoms with Crippen molar-refractivity contribution in [3.05, 3.63) is 57.8 Å². The van der Waals surface area contributed by atoms with Crippen LogP contribution >= 0.6 is 15.9 Å². The Morgan fingerprint density at radius 3 is 2.68 bits per heavy atom. The molecule has 0 heterocycles. The van der Waals surface area contributed by atoms with Gasteiger partial charge >= 0.3 is 0 Å². The molecule has 0 bridgehead atoms. The molecule has 3 nitrogen and oxygen atoms in total. The van der Waals surface area contributed by atoms with Crippen LogP contribution in [0.2, 0.25) is 0 Å². The SMILES string of the molecule is Cc1cc(Oc2cccc(F)c2C(N)=O)ccc1Br. The molecule has 2 aromatic carbocycles. The molecule has 0 aliphatic heterocycles. The van der Waals surface area contributed by atoms with E-state index < -0.39 is 11.7 Å². The van der Waals surface area contributed by atoms with E-state index in [1.165, 1.54) is 18.2 Å². The number of primary amides is 1. The molecule has 1 amide bonds. The van der Waals surface area contributed by atoms with Crippen LogP contribution in [-0.4, -0.2) is 5.91 Å². The Bertz CT molecular complexity index is 643. The minimum Gasteiger partial charge on any atom is -0.456 e. The summed E-state index contributed by atoms with van der Waals surface area (Å²) in [5.41, 5.74) is 5.88. The lowest BCUT2D eigenvalue weighted by Crippen LogP contribution is -2.14. The summed E-state index contributed by atoms with van der Waals surface area (Å²) in [6.07, 6.45) is 0. The molecule has 98 valence electrons. The predicted octanol–water partition coefficient (Wildman–Crippen LogP) is 3.79. The summed E-state index contributed by atoms with van der Waals surface area (Å²) in [5, 5.41) is 0. The monoisotopic (exact) mass is 323 g/mol. The molecule has 2 N–H and O–H groups in total. The molecule has 2 aromatic rings. The summed E-state index contributed by atoms with van der Waals surface area (Å²) >= 11 is 3.37. The van der Waals surface area contributed by atoms with Crippen molar-refractivity contribution in [1.82, 2.24) is 0 Å². The first-order valence-corrected chi connectivity index (χ1v) is 6.30. The molecular formula is C14H11BrFNO2. The highest BCUT2D eigenvalue weighted by atomic mass is 79.9. The highest BCUT2D eigenvalue weighted by Gasteiger charge is 2.15. The van der Waals surface area contributed by atoms with Crippen LogP contribution in [0.5, 0.6) is 11.5 Å². The number of aryl methyl sites for hydroxylation is 1. The van der Waals surface area contributed by atoms with E-state index in [9.17, 15) is 9.18 Å². The number of ether oxygens (including phenoxy) is 1. The van der Waals surface area contributed by atoms with Crippen molar-refractivity contribution in [2.45, 2.75) is 6.92 Å². The van der Waals surface area contributed by atoms with Gasteiger partial charge in [-0.2, -0.15) is 0 Å². The van der Waals surface area contributed by atoms with Crippen molar-refractivity contribution in [1.29, 1.82) is 0 Å². The lowest BCUT2D eigenvalue weighted by atomic mass is 10.1. The fourth-order valence-electron chi connectivity index (χ4n) is 1.64. The molecule has 5 heteroatoms. The number of hydrogen-bond donors (Lipinski definition) is 1. The van der Waals surface area contributed by atoms with Crippen molar-refractivity contribution >= 4 is 21.8 Å². The van der Waals surface area contributed by atoms with Crippen molar-refractivity contribution in [3.8, 4) is 11.5 Å². The first-order chi connectivity index (χ1) is 8.99. The lowest BCUT2D eigenvalue weighted by molar-refractivity contribution is 0.0994. The minimum absolute atomic E-state index is 0.106. The fraction of sp³-hybridized carbons (Fsp3) is 0.0714. The molecular weight excluding hydrogens is 313 g/mol. The summed E-state index contributed by atoms with van der Waals surface area (Å²) in [5.74, 6) is -0.941. The molecule has 0 saturated heterocycles. The summed E-state index contributed by atoms with van der Waals surface area (Å²) in [6.45, 7) is 1.90. The van der Waals surface area contributed by atoms with Crippen molar-refractivity contribution < 1.29 is 13.9 Å². The van der Waals surface area contributed by atoms with Crippen LogP contribution in [0.1, 0.15) is 15.9 Å². The zero-order valence-electron chi connectivity index (χ0n) is 10.1. The fourth-order valence-corrected chi connectivity index (χ4v) is 1.88. The largest absolute Gasteiger partial charge is 0.456 e. The number of nitrogens with two attached hydrogens (primary N) is 1. The molecule has 0 spiro atoms. The Balaban J connectivity index is 2.40. The second kappa shape index (κ2) is 5.40. The third-order valence-electron chi connectivity index (χ3n) is 2.58. The zero-order valence-corrected chi connectivity index (χ0v) is 11.7. The van der Waals surface area contributed by atoms with E-state index in [1.54, 1.807) is 12.1 Å². The smallest absolute Gasteiger partial charge is 0.255 e. The van der Waals surface area contributed by atoms with Crippen LogP contribution in [0.3, 0.4) is 0 Å². The number of carbonyl (C=O) groups excluding carboxylic acids is 1. The normalized spacial score (nSPS) is 10.3. The summed E-state index contributed by atoms with van der Waals surface area (Å²) in [6, 6.07) is 9.43. The molecule has 0 unspecified atom stereocenters. The Morgan fingerprint density at radius 2 is 2.05 bits per heavy atom. The first kappa shape index (κ1) is 13.5. The second-order valence-corrected chi connectivity index (χ2v) is 4.84. The van der Waals surface area contributed by atoms with Crippen molar-refractivity contribution in [3.63, 3.8) is 0 Å². The van der Waals surface area contributed by atoms with Crippen LogP contribution in [0.4, 0.5) is 4.39 Å². The van der Waals surface area contributed by atoms with E-state index in [0.717, 1.165) is 10.0 Å². The van der Waals surface area contributed by atoms with Gasteiger partial charge in [-0.05, 0) is 42.8 Å². The molecule has 0 aliphatic rings. The van der Waals surface area contributed by atoms with Gasteiger partial charge in [0.25, 0.3) is 5.91 Å². The van der Waals surface area contributed by atoms with Crippen LogP contribution in [0, 0.1) is 12.7 Å². The quantitative estimate of drug-likeness (QED) is 0.934. The van der Waals surface area contributed by atoms with E-state index in [1.807, 2.05) is 13.0 Å². The maximum Gasteiger partial charge on any atom is 0.255 e. The van der Waals surface area contributed by atoms with E-state index >= 15 is 0 Å². The van der Waals surface area contributed by atoms with Gasteiger partial charge < -0.3 is 10.5 Å². The molecule has 19 heavy (non-hydrogen) atoms. The Kier molecular flexibility index (Phi) is 3.85. The topological polar surface area (TPSA) is 52.3 Å². The third-order valence-corrected chi connectivity index (χ3v) is 3.47. The molecule has 0 aliphatic carbocycles. The molecule has 0 aromatic heterocycles.